The normalized spacial score (nSPS) is 24.9. The molecule has 1 fully saturated rings. The lowest BCUT2D eigenvalue weighted by atomic mass is 9.91. The Balaban J connectivity index is 2.22. The van der Waals surface area contributed by atoms with Gasteiger partial charge in [0.1, 0.15) is 5.78 Å². The van der Waals surface area contributed by atoms with Crippen LogP contribution in [-0.2, 0) is 9.59 Å². The number of allylic oxidation sites excluding steroid dienone is 6. The van der Waals surface area contributed by atoms with Gasteiger partial charge >= 0.3 is 5.97 Å². The van der Waals surface area contributed by atoms with Crippen LogP contribution in [0.25, 0.3) is 0 Å². The second-order valence-corrected chi connectivity index (χ2v) is 6.84. The van der Waals surface area contributed by atoms with Gasteiger partial charge in [-0.05, 0) is 38.0 Å². The predicted molar refractivity (Wildman–Crippen MR) is 106 cm³/mol. The highest BCUT2D eigenvalue weighted by Gasteiger charge is 2.38. The molecule has 0 bridgehead atoms. The van der Waals surface area contributed by atoms with Crippen LogP contribution < -0.4 is 0 Å². The summed E-state index contributed by atoms with van der Waals surface area (Å²) in [5, 5.41) is 28.4. The first-order valence-electron chi connectivity index (χ1n) is 9.69. The van der Waals surface area contributed by atoms with Gasteiger partial charge in [0.25, 0.3) is 0 Å². The fourth-order valence-corrected chi connectivity index (χ4v) is 3.18. The summed E-state index contributed by atoms with van der Waals surface area (Å²) in [7, 11) is 0. The summed E-state index contributed by atoms with van der Waals surface area (Å²) < 4.78 is 0. The number of aliphatic carboxylic acids is 1. The van der Waals surface area contributed by atoms with E-state index in [-0.39, 0.29) is 30.5 Å². The lowest BCUT2D eigenvalue weighted by Crippen LogP contribution is -2.18. The highest BCUT2D eigenvalue weighted by atomic mass is 16.4. The van der Waals surface area contributed by atoms with E-state index in [0.717, 1.165) is 19.3 Å². The maximum atomic E-state index is 11.9. The molecule has 0 aromatic rings. The van der Waals surface area contributed by atoms with E-state index >= 15 is 0 Å². The van der Waals surface area contributed by atoms with Gasteiger partial charge < -0.3 is 15.3 Å². The molecule has 150 valence electrons. The summed E-state index contributed by atoms with van der Waals surface area (Å²) in [5.41, 5.74) is 0. The minimum atomic E-state index is -0.782. The van der Waals surface area contributed by atoms with Crippen LogP contribution in [0.1, 0.15) is 51.9 Å². The number of Topliss-reactive ketones (excluding diaryl/α,β-unsaturated/α-hetero) is 1. The molecule has 1 rings (SSSR count). The van der Waals surface area contributed by atoms with Gasteiger partial charge in [-0.15, -0.1) is 0 Å². The van der Waals surface area contributed by atoms with Crippen molar-refractivity contribution >= 4 is 11.8 Å². The number of aliphatic hydroxyl groups excluding tert-OH is 2. The fraction of sp³-hybridized carbons (Fsp3) is 0.545. The number of carbonyl (C=O) groups is 2. The van der Waals surface area contributed by atoms with E-state index in [4.69, 9.17) is 5.11 Å². The van der Waals surface area contributed by atoms with Crippen LogP contribution in [0.4, 0.5) is 0 Å². The average molecular weight is 376 g/mol. The molecule has 0 heterocycles. The lowest BCUT2D eigenvalue weighted by Gasteiger charge is -2.16. The molecule has 0 saturated heterocycles. The van der Waals surface area contributed by atoms with E-state index in [2.05, 4.69) is 0 Å². The van der Waals surface area contributed by atoms with Crippen molar-refractivity contribution in [2.45, 2.75) is 64.1 Å². The first-order chi connectivity index (χ1) is 13.0. The molecule has 5 nitrogen and oxygen atoms in total. The molecular formula is C22H32O5. The van der Waals surface area contributed by atoms with Crippen LogP contribution in [0.5, 0.6) is 0 Å². The van der Waals surface area contributed by atoms with Crippen LogP contribution in [0.2, 0.25) is 0 Å². The van der Waals surface area contributed by atoms with Crippen molar-refractivity contribution in [2.75, 3.05) is 0 Å². The first-order valence-corrected chi connectivity index (χ1v) is 9.69. The number of ketones is 1. The molecule has 0 amide bonds. The Hall–Kier alpha value is -1.98. The van der Waals surface area contributed by atoms with Crippen molar-refractivity contribution in [2.24, 2.45) is 11.8 Å². The van der Waals surface area contributed by atoms with Crippen LogP contribution in [0.15, 0.2) is 48.6 Å². The van der Waals surface area contributed by atoms with Crippen molar-refractivity contribution in [3.63, 3.8) is 0 Å². The number of carboxylic acids is 1. The van der Waals surface area contributed by atoms with Gasteiger partial charge in [-0.1, -0.05) is 55.5 Å². The maximum absolute atomic E-state index is 11.9. The molecule has 0 aliphatic heterocycles. The van der Waals surface area contributed by atoms with Gasteiger partial charge in [-0.2, -0.15) is 0 Å². The van der Waals surface area contributed by atoms with E-state index in [1.165, 1.54) is 0 Å². The molecule has 1 aliphatic carbocycles. The standard InChI is InChI=1S/C22H32O5/c1-2-18-19(21(25)16-20(18)24)15-14-17(23)12-10-8-6-4-3-5-7-9-11-13-22(26)27/h3-4,7-10,14-15,17-20,23-24H,2,5-6,11-13,16H2,1H3,(H,26,27)/b4-3-,9-7-,10-8-,15-14+/t17-,18+,19-,20+/m0/s1. The zero-order valence-electron chi connectivity index (χ0n) is 16.0. The van der Waals surface area contributed by atoms with Crippen LogP contribution >= 0.6 is 0 Å². The van der Waals surface area contributed by atoms with Gasteiger partial charge in [-0.25, -0.2) is 0 Å². The third kappa shape index (κ3) is 9.50. The average Bonchev–Trinajstić information content (AvgIpc) is 2.90. The summed E-state index contributed by atoms with van der Waals surface area (Å²) in [6.07, 6.45) is 17.7. The monoisotopic (exact) mass is 376 g/mol. The number of aliphatic hydroxyl groups is 2. The SMILES string of the molecule is CC[C@H]1[C@H](O)CC(=O)[C@H]1/C=C/[C@@H](O)C/C=C\C/C=C\C/C=C\CCC(=O)O. The summed E-state index contributed by atoms with van der Waals surface area (Å²) >= 11 is 0. The topological polar surface area (TPSA) is 94.8 Å². The molecule has 0 spiro atoms. The molecule has 0 aromatic carbocycles. The van der Waals surface area contributed by atoms with E-state index in [9.17, 15) is 19.8 Å². The molecule has 4 atom stereocenters. The second kappa shape index (κ2) is 13.2. The van der Waals surface area contributed by atoms with Gasteiger partial charge in [0, 0.05) is 18.8 Å². The number of hydrogen-bond donors (Lipinski definition) is 3. The lowest BCUT2D eigenvalue weighted by molar-refractivity contribution is -0.136. The van der Waals surface area contributed by atoms with Crippen LogP contribution in [0, 0.1) is 11.8 Å². The first kappa shape index (κ1) is 23.1. The van der Waals surface area contributed by atoms with Gasteiger partial charge in [0.2, 0.25) is 0 Å². The Bertz CT molecular complexity index is 573. The maximum Gasteiger partial charge on any atom is 0.303 e. The zero-order valence-corrected chi connectivity index (χ0v) is 16.0. The fourth-order valence-electron chi connectivity index (χ4n) is 3.18. The molecule has 3 N–H and O–H groups in total. The quantitative estimate of drug-likeness (QED) is 0.453. The van der Waals surface area contributed by atoms with Crippen molar-refractivity contribution in [1.82, 2.24) is 0 Å². The molecule has 1 aliphatic rings. The molecule has 27 heavy (non-hydrogen) atoms. The molecule has 0 radical (unpaired) electrons. The van der Waals surface area contributed by atoms with Gasteiger partial charge in [0.05, 0.1) is 12.2 Å². The Kier molecular flexibility index (Phi) is 11.3. The van der Waals surface area contributed by atoms with Crippen molar-refractivity contribution in [3.8, 4) is 0 Å². The van der Waals surface area contributed by atoms with E-state index in [1.807, 2.05) is 43.4 Å². The number of hydrogen-bond acceptors (Lipinski definition) is 4. The minimum absolute atomic E-state index is 0.0418. The molecule has 1 saturated carbocycles. The van der Waals surface area contributed by atoms with Crippen LogP contribution in [0.3, 0.4) is 0 Å². The smallest absolute Gasteiger partial charge is 0.303 e. The van der Waals surface area contributed by atoms with Crippen molar-refractivity contribution in [1.29, 1.82) is 0 Å². The highest BCUT2D eigenvalue weighted by molar-refractivity contribution is 5.85. The summed E-state index contributed by atoms with van der Waals surface area (Å²) in [6.45, 7) is 1.96. The second-order valence-electron chi connectivity index (χ2n) is 6.84. The number of carboxylic acid groups (broad SMARTS) is 1. The summed E-state index contributed by atoms with van der Waals surface area (Å²) in [4.78, 5) is 22.2. The Morgan fingerprint density at radius 3 is 2.41 bits per heavy atom. The van der Waals surface area contributed by atoms with Crippen molar-refractivity contribution < 1.29 is 24.9 Å². The largest absolute Gasteiger partial charge is 0.481 e. The minimum Gasteiger partial charge on any atom is -0.481 e. The number of rotatable bonds is 12. The highest BCUT2D eigenvalue weighted by Crippen LogP contribution is 2.32. The molecular weight excluding hydrogens is 344 g/mol. The van der Waals surface area contributed by atoms with Gasteiger partial charge in [-0.3, -0.25) is 9.59 Å². The Morgan fingerprint density at radius 2 is 1.78 bits per heavy atom. The van der Waals surface area contributed by atoms with Gasteiger partial charge in [0.15, 0.2) is 0 Å². The third-order valence-corrected chi connectivity index (χ3v) is 4.70. The van der Waals surface area contributed by atoms with Crippen molar-refractivity contribution in [3.05, 3.63) is 48.6 Å². The molecule has 0 unspecified atom stereocenters. The van der Waals surface area contributed by atoms with Crippen LogP contribution in [-0.4, -0.2) is 39.3 Å². The zero-order chi connectivity index (χ0) is 20.1. The number of carbonyl (C=O) groups excluding carboxylic acids is 1. The Labute approximate surface area is 161 Å². The third-order valence-electron chi connectivity index (χ3n) is 4.70. The molecule has 5 heteroatoms. The van der Waals surface area contributed by atoms with E-state index in [1.54, 1.807) is 12.2 Å². The Morgan fingerprint density at radius 1 is 1.15 bits per heavy atom. The molecule has 0 aromatic heterocycles. The summed E-state index contributed by atoms with van der Waals surface area (Å²) in [6, 6.07) is 0. The van der Waals surface area contributed by atoms with E-state index < -0.39 is 18.2 Å². The predicted octanol–water partition coefficient (Wildman–Crippen LogP) is 3.58. The van der Waals surface area contributed by atoms with E-state index in [0.29, 0.717) is 12.8 Å². The summed E-state index contributed by atoms with van der Waals surface area (Å²) in [5.74, 6) is -1.06.